The third kappa shape index (κ3) is 3.44. The molecule has 0 radical (unpaired) electrons. The van der Waals surface area contributed by atoms with Gasteiger partial charge in [0.2, 0.25) is 5.91 Å². The van der Waals surface area contributed by atoms with Crippen LogP contribution in [-0.4, -0.2) is 22.1 Å². The molecule has 0 saturated heterocycles. The van der Waals surface area contributed by atoms with Crippen molar-refractivity contribution in [2.75, 3.05) is 6.61 Å². The number of ether oxygens (including phenoxy) is 1. The predicted octanol–water partition coefficient (Wildman–Crippen LogP) is 3.08. The van der Waals surface area contributed by atoms with E-state index in [1.165, 1.54) is 6.07 Å². The molecule has 0 unspecified atom stereocenters. The van der Waals surface area contributed by atoms with Crippen LogP contribution in [0.4, 0.5) is 4.39 Å². The van der Waals surface area contributed by atoms with Crippen LogP contribution in [0.2, 0.25) is 0 Å². The molecule has 1 heterocycles. The van der Waals surface area contributed by atoms with Crippen LogP contribution in [0.1, 0.15) is 30.4 Å². The lowest BCUT2D eigenvalue weighted by molar-refractivity contribution is 0.0889. The number of nitrogens with zero attached hydrogens (tertiary/aromatic N) is 2. The zero-order valence-electron chi connectivity index (χ0n) is 11.4. The zero-order chi connectivity index (χ0) is 14.4. The molecule has 0 amide bonds. The van der Waals surface area contributed by atoms with E-state index in [1.807, 2.05) is 6.92 Å². The van der Waals surface area contributed by atoms with E-state index < -0.39 is 0 Å². The van der Waals surface area contributed by atoms with E-state index in [0.717, 1.165) is 5.82 Å². The number of hydrogen-bond donors (Lipinski definition) is 0. The van der Waals surface area contributed by atoms with Gasteiger partial charge in [0, 0.05) is 25.2 Å². The van der Waals surface area contributed by atoms with Crippen LogP contribution in [0.15, 0.2) is 36.7 Å². The van der Waals surface area contributed by atoms with E-state index in [2.05, 4.69) is 4.98 Å². The standard InChI is InChI=1S/C15H17FN2O2/c1-2-14-17-9-10-18(14)15(19)8-5-11-20-13-7-4-3-6-12(13)16/h3-4,6-7,9-10H,2,5,8,11H2,1H3. The van der Waals surface area contributed by atoms with Crippen LogP contribution in [0.3, 0.4) is 0 Å². The molecule has 0 saturated carbocycles. The Kier molecular flexibility index (Phi) is 4.87. The predicted molar refractivity (Wildman–Crippen MR) is 73.4 cm³/mol. The molecular formula is C15H17FN2O2. The van der Waals surface area contributed by atoms with Gasteiger partial charge in [-0.25, -0.2) is 9.37 Å². The summed E-state index contributed by atoms with van der Waals surface area (Å²) in [4.78, 5) is 16.1. The average molecular weight is 276 g/mol. The summed E-state index contributed by atoms with van der Waals surface area (Å²) in [6.45, 7) is 2.26. The fourth-order valence-corrected chi connectivity index (χ4v) is 1.91. The van der Waals surface area contributed by atoms with Gasteiger partial charge >= 0.3 is 0 Å². The fourth-order valence-electron chi connectivity index (χ4n) is 1.91. The lowest BCUT2D eigenvalue weighted by atomic mass is 10.3. The van der Waals surface area contributed by atoms with Crippen molar-refractivity contribution in [1.29, 1.82) is 0 Å². The first-order valence-corrected chi connectivity index (χ1v) is 6.65. The van der Waals surface area contributed by atoms with E-state index in [9.17, 15) is 9.18 Å². The maximum Gasteiger partial charge on any atom is 0.232 e. The molecule has 0 aliphatic heterocycles. The maximum absolute atomic E-state index is 13.3. The molecule has 0 N–H and O–H groups in total. The van der Waals surface area contributed by atoms with Gasteiger partial charge in [-0.05, 0) is 18.6 Å². The van der Waals surface area contributed by atoms with Crippen LogP contribution in [0, 0.1) is 5.82 Å². The monoisotopic (exact) mass is 276 g/mol. The third-order valence-electron chi connectivity index (χ3n) is 2.93. The number of hydrogen-bond acceptors (Lipinski definition) is 3. The first-order chi connectivity index (χ1) is 9.72. The smallest absolute Gasteiger partial charge is 0.232 e. The molecule has 5 heteroatoms. The van der Waals surface area contributed by atoms with E-state index in [-0.39, 0.29) is 17.5 Å². The minimum absolute atomic E-state index is 0.0171. The van der Waals surface area contributed by atoms with Crippen molar-refractivity contribution in [1.82, 2.24) is 9.55 Å². The fraction of sp³-hybridized carbons (Fsp3) is 0.333. The molecule has 4 nitrogen and oxygen atoms in total. The molecule has 0 atom stereocenters. The van der Waals surface area contributed by atoms with Gasteiger partial charge < -0.3 is 4.74 Å². The van der Waals surface area contributed by atoms with Crippen molar-refractivity contribution in [3.05, 3.63) is 48.3 Å². The van der Waals surface area contributed by atoms with Gasteiger partial charge in [-0.1, -0.05) is 19.1 Å². The van der Waals surface area contributed by atoms with Gasteiger partial charge in [0.25, 0.3) is 0 Å². The van der Waals surface area contributed by atoms with Crippen molar-refractivity contribution < 1.29 is 13.9 Å². The summed E-state index contributed by atoms with van der Waals surface area (Å²) in [6, 6.07) is 6.24. The van der Waals surface area contributed by atoms with E-state index in [1.54, 1.807) is 35.2 Å². The van der Waals surface area contributed by atoms with Crippen LogP contribution in [0.25, 0.3) is 0 Å². The average Bonchev–Trinajstić information content (AvgIpc) is 2.93. The zero-order valence-corrected chi connectivity index (χ0v) is 11.4. The number of para-hydroxylation sites is 1. The van der Waals surface area contributed by atoms with Gasteiger partial charge in [0.05, 0.1) is 6.61 Å². The Morgan fingerprint density at radius 1 is 1.40 bits per heavy atom. The lowest BCUT2D eigenvalue weighted by Gasteiger charge is -2.07. The topological polar surface area (TPSA) is 44.1 Å². The van der Waals surface area contributed by atoms with Crippen molar-refractivity contribution in [3.63, 3.8) is 0 Å². The number of imidazole rings is 1. The molecule has 1 aromatic heterocycles. The molecule has 2 aromatic rings. The molecule has 0 aliphatic carbocycles. The Morgan fingerprint density at radius 3 is 2.95 bits per heavy atom. The van der Waals surface area contributed by atoms with E-state index in [0.29, 0.717) is 25.9 Å². The molecule has 2 rings (SSSR count). The molecule has 106 valence electrons. The number of carbonyl (C=O) groups is 1. The highest BCUT2D eigenvalue weighted by Crippen LogP contribution is 2.15. The minimum atomic E-state index is -0.387. The van der Waals surface area contributed by atoms with Gasteiger partial charge in [-0.3, -0.25) is 9.36 Å². The number of halogens is 1. The second kappa shape index (κ2) is 6.84. The Labute approximate surface area is 117 Å². The van der Waals surface area contributed by atoms with E-state index in [4.69, 9.17) is 4.74 Å². The molecular weight excluding hydrogens is 259 g/mol. The molecule has 0 bridgehead atoms. The quantitative estimate of drug-likeness (QED) is 0.761. The largest absolute Gasteiger partial charge is 0.491 e. The second-order valence-corrected chi connectivity index (χ2v) is 4.34. The molecule has 0 fully saturated rings. The van der Waals surface area contributed by atoms with Crippen LogP contribution < -0.4 is 4.74 Å². The summed E-state index contributed by atoms with van der Waals surface area (Å²) in [7, 11) is 0. The Hall–Kier alpha value is -2.17. The molecule has 0 spiro atoms. The van der Waals surface area contributed by atoms with Crippen molar-refractivity contribution in [3.8, 4) is 5.75 Å². The first-order valence-electron chi connectivity index (χ1n) is 6.65. The third-order valence-corrected chi connectivity index (χ3v) is 2.93. The summed E-state index contributed by atoms with van der Waals surface area (Å²) in [5.41, 5.74) is 0. The molecule has 0 aliphatic rings. The lowest BCUT2D eigenvalue weighted by Crippen LogP contribution is -2.14. The van der Waals surface area contributed by atoms with Gasteiger partial charge in [0.15, 0.2) is 11.6 Å². The number of benzene rings is 1. The Bertz CT molecular complexity index is 581. The Balaban J connectivity index is 1.79. The van der Waals surface area contributed by atoms with E-state index >= 15 is 0 Å². The summed E-state index contributed by atoms with van der Waals surface area (Å²) < 4.78 is 20.2. The number of aryl methyl sites for hydroxylation is 1. The highest BCUT2D eigenvalue weighted by molar-refractivity contribution is 5.79. The number of rotatable bonds is 6. The SMILES string of the molecule is CCc1nccn1C(=O)CCCOc1ccccc1F. The van der Waals surface area contributed by atoms with Gasteiger partial charge in [-0.15, -0.1) is 0 Å². The summed E-state index contributed by atoms with van der Waals surface area (Å²) in [5, 5.41) is 0. The number of aromatic nitrogens is 2. The van der Waals surface area contributed by atoms with Gasteiger partial charge in [0.1, 0.15) is 5.82 Å². The maximum atomic E-state index is 13.3. The van der Waals surface area contributed by atoms with Crippen LogP contribution in [-0.2, 0) is 6.42 Å². The number of carbonyl (C=O) groups excluding carboxylic acids is 1. The molecule has 1 aromatic carbocycles. The van der Waals surface area contributed by atoms with Crippen molar-refractivity contribution in [2.45, 2.75) is 26.2 Å². The minimum Gasteiger partial charge on any atom is -0.491 e. The van der Waals surface area contributed by atoms with Gasteiger partial charge in [-0.2, -0.15) is 0 Å². The Morgan fingerprint density at radius 2 is 2.20 bits per heavy atom. The second-order valence-electron chi connectivity index (χ2n) is 4.34. The summed E-state index contributed by atoms with van der Waals surface area (Å²) >= 11 is 0. The highest BCUT2D eigenvalue weighted by Gasteiger charge is 2.09. The first kappa shape index (κ1) is 14.2. The van der Waals surface area contributed by atoms with Crippen LogP contribution in [0.5, 0.6) is 5.75 Å². The van der Waals surface area contributed by atoms with Crippen molar-refractivity contribution >= 4 is 5.91 Å². The summed E-state index contributed by atoms with van der Waals surface area (Å²) in [6.07, 6.45) is 4.88. The highest BCUT2D eigenvalue weighted by atomic mass is 19.1. The normalized spacial score (nSPS) is 10.5. The summed E-state index contributed by atoms with van der Waals surface area (Å²) in [5.74, 6) is 0.569. The van der Waals surface area contributed by atoms with Crippen molar-refractivity contribution in [2.24, 2.45) is 0 Å². The van der Waals surface area contributed by atoms with Crippen LogP contribution >= 0.6 is 0 Å². The molecule has 20 heavy (non-hydrogen) atoms.